The van der Waals surface area contributed by atoms with Gasteiger partial charge in [-0.3, -0.25) is 0 Å². The lowest BCUT2D eigenvalue weighted by Gasteiger charge is -2.44. The van der Waals surface area contributed by atoms with Gasteiger partial charge in [0.2, 0.25) is 0 Å². The molecule has 0 aromatic rings. The summed E-state index contributed by atoms with van der Waals surface area (Å²) in [4.78, 5) is 2.84. The lowest BCUT2D eigenvalue weighted by Crippen LogP contribution is -2.47. The van der Waals surface area contributed by atoms with E-state index in [9.17, 15) is 0 Å². The largest absolute Gasteiger partial charge is 0.317 e. The normalized spacial score (nSPS) is 28.3. The average molecular weight is 266 g/mol. The molecular weight excluding hydrogens is 232 g/mol. The summed E-state index contributed by atoms with van der Waals surface area (Å²) in [5.74, 6) is 1.05. The van der Waals surface area contributed by atoms with E-state index in [0.717, 1.165) is 12.0 Å². The summed E-state index contributed by atoms with van der Waals surface area (Å²) in [6.07, 6.45) is 14.4. The number of piperidine rings is 1. The van der Waals surface area contributed by atoms with E-state index in [2.05, 4.69) is 17.1 Å². The maximum atomic E-state index is 3.51. The maximum Gasteiger partial charge on any atom is 0.0123 e. The van der Waals surface area contributed by atoms with E-state index in [-0.39, 0.29) is 0 Å². The van der Waals surface area contributed by atoms with Crippen LogP contribution in [0, 0.1) is 5.92 Å². The second-order valence-corrected chi connectivity index (χ2v) is 6.60. The molecule has 1 saturated carbocycles. The van der Waals surface area contributed by atoms with Crippen molar-refractivity contribution in [1.29, 1.82) is 0 Å². The van der Waals surface area contributed by atoms with Gasteiger partial charge in [0.1, 0.15) is 0 Å². The van der Waals surface area contributed by atoms with Crippen LogP contribution in [0.15, 0.2) is 0 Å². The van der Waals surface area contributed by atoms with Crippen molar-refractivity contribution in [1.82, 2.24) is 10.2 Å². The highest BCUT2D eigenvalue weighted by Crippen LogP contribution is 2.35. The molecule has 0 aromatic carbocycles. The SMILES string of the molecule is CCCNCCCCCN1CCCC2CCCCC21. The third-order valence-electron chi connectivity index (χ3n) is 5.08. The number of unbranched alkanes of at least 4 members (excludes halogenated alkanes) is 2. The van der Waals surface area contributed by atoms with Gasteiger partial charge < -0.3 is 10.2 Å². The molecule has 1 heterocycles. The molecule has 0 aromatic heterocycles. The van der Waals surface area contributed by atoms with Gasteiger partial charge in [0, 0.05) is 6.04 Å². The highest BCUT2D eigenvalue weighted by molar-refractivity contribution is 4.87. The van der Waals surface area contributed by atoms with Crippen molar-refractivity contribution in [2.24, 2.45) is 5.92 Å². The van der Waals surface area contributed by atoms with Gasteiger partial charge in [-0.1, -0.05) is 26.2 Å². The number of nitrogens with zero attached hydrogens (tertiary/aromatic N) is 1. The summed E-state index contributed by atoms with van der Waals surface area (Å²) in [5.41, 5.74) is 0. The molecule has 1 aliphatic carbocycles. The molecule has 2 unspecified atom stereocenters. The fraction of sp³-hybridized carbons (Fsp3) is 1.00. The Labute approximate surface area is 120 Å². The summed E-state index contributed by atoms with van der Waals surface area (Å²) in [5, 5.41) is 3.51. The van der Waals surface area contributed by atoms with Crippen LogP contribution >= 0.6 is 0 Å². The zero-order valence-electron chi connectivity index (χ0n) is 13.0. The van der Waals surface area contributed by atoms with Crippen LogP contribution in [-0.2, 0) is 0 Å². The van der Waals surface area contributed by atoms with Crippen LogP contribution in [0.1, 0.15) is 71.1 Å². The number of rotatable bonds is 8. The molecule has 0 spiro atoms. The molecule has 2 atom stereocenters. The van der Waals surface area contributed by atoms with E-state index in [0.29, 0.717) is 0 Å². The van der Waals surface area contributed by atoms with E-state index in [1.807, 2.05) is 0 Å². The molecule has 2 aliphatic rings. The molecule has 0 radical (unpaired) electrons. The van der Waals surface area contributed by atoms with Gasteiger partial charge in [-0.05, 0) is 77.0 Å². The Morgan fingerprint density at radius 1 is 0.947 bits per heavy atom. The summed E-state index contributed by atoms with van der Waals surface area (Å²) >= 11 is 0. The van der Waals surface area contributed by atoms with Gasteiger partial charge in [0.25, 0.3) is 0 Å². The summed E-state index contributed by atoms with van der Waals surface area (Å²) < 4.78 is 0. The highest BCUT2D eigenvalue weighted by atomic mass is 15.2. The molecule has 2 rings (SSSR count). The van der Waals surface area contributed by atoms with Crippen LogP contribution in [0.5, 0.6) is 0 Å². The van der Waals surface area contributed by atoms with Crippen LogP contribution in [0.3, 0.4) is 0 Å². The Hall–Kier alpha value is -0.0800. The molecule has 1 saturated heterocycles. The predicted molar refractivity (Wildman–Crippen MR) is 83.6 cm³/mol. The fourth-order valence-corrected chi connectivity index (χ4v) is 4.05. The molecular formula is C17H34N2. The van der Waals surface area contributed by atoms with Gasteiger partial charge in [-0.15, -0.1) is 0 Å². The van der Waals surface area contributed by atoms with Crippen LogP contribution in [0.2, 0.25) is 0 Å². The number of hydrogen-bond donors (Lipinski definition) is 1. The van der Waals surface area contributed by atoms with Gasteiger partial charge in [-0.25, -0.2) is 0 Å². The Balaban J connectivity index is 1.56. The third-order valence-corrected chi connectivity index (χ3v) is 5.08. The van der Waals surface area contributed by atoms with Crippen molar-refractivity contribution in [2.45, 2.75) is 77.2 Å². The van der Waals surface area contributed by atoms with Crippen molar-refractivity contribution in [3.63, 3.8) is 0 Å². The summed E-state index contributed by atoms with van der Waals surface area (Å²) in [6, 6.07) is 0.959. The van der Waals surface area contributed by atoms with Gasteiger partial charge in [0.05, 0.1) is 0 Å². The van der Waals surface area contributed by atoms with Crippen LogP contribution in [0.25, 0.3) is 0 Å². The molecule has 2 fully saturated rings. The Morgan fingerprint density at radius 3 is 2.68 bits per heavy atom. The van der Waals surface area contributed by atoms with Gasteiger partial charge in [-0.2, -0.15) is 0 Å². The molecule has 1 aliphatic heterocycles. The van der Waals surface area contributed by atoms with Gasteiger partial charge in [0.15, 0.2) is 0 Å². The Bertz CT molecular complexity index is 227. The molecule has 2 nitrogen and oxygen atoms in total. The standard InChI is InChI=1S/C17H34N2/c1-2-12-18-13-6-3-7-14-19-15-8-10-16-9-4-5-11-17(16)19/h16-18H,2-15H2,1H3. The third kappa shape index (κ3) is 5.07. The minimum Gasteiger partial charge on any atom is -0.317 e. The quantitative estimate of drug-likeness (QED) is 0.672. The number of fused-ring (bicyclic) bond motifs is 1. The topological polar surface area (TPSA) is 15.3 Å². The second-order valence-electron chi connectivity index (χ2n) is 6.60. The van der Waals surface area contributed by atoms with Crippen LogP contribution in [0.4, 0.5) is 0 Å². The summed E-state index contributed by atoms with van der Waals surface area (Å²) in [7, 11) is 0. The van der Waals surface area contributed by atoms with Crippen molar-refractivity contribution < 1.29 is 0 Å². The van der Waals surface area contributed by atoms with Crippen molar-refractivity contribution >= 4 is 0 Å². The second kappa shape index (κ2) is 8.97. The van der Waals surface area contributed by atoms with Crippen molar-refractivity contribution in [3.05, 3.63) is 0 Å². The minimum absolute atomic E-state index is 0.959. The Morgan fingerprint density at radius 2 is 1.79 bits per heavy atom. The molecule has 19 heavy (non-hydrogen) atoms. The molecule has 112 valence electrons. The number of likely N-dealkylation sites (tertiary alicyclic amines) is 1. The summed E-state index contributed by atoms with van der Waals surface area (Å²) in [6.45, 7) is 7.41. The zero-order valence-corrected chi connectivity index (χ0v) is 13.0. The average Bonchev–Trinajstić information content (AvgIpc) is 2.46. The first-order valence-corrected chi connectivity index (χ1v) is 8.86. The van der Waals surface area contributed by atoms with E-state index >= 15 is 0 Å². The van der Waals surface area contributed by atoms with Gasteiger partial charge >= 0.3 is 0 Å². The first kappa shape index (κ1) is 15.3. The highest BCUT2D eigenvalue weighted by Gasteiger charge is 2.32. The minimum atomic E-state index is 0.959. The van der Waals surface area contributed by atoms with Crippen molar-refractivity contribution in [2.75, 3.05) is 26.2 Å². The van der Waals surface area contributed by atoms with E-state index in [4.69, 9.17) is 0 Å². The molecule has 1 N–H and O–H groups in total. The smallest absolute Gasteiger partial charge is 0.0123 e. The first-order valence-electron chi connectivity index (χ1n) is 8.86. The fourth-order valence-electron chi connectivity index (χ4n) is 4.05. The molecule has 0 bridgehead atoms. The number of nitrogens with one attached hydrogen (secondary N) is 1. The zero-order chi connectivity index (χ0) is 13.3. The molecule has 2 heteroatoms. The molecule has 0 amide bonds. The predicted octanol–water partition coefficient (Wildman–Crippen LogP) is 3.81. The van der Waals surface area contributed by atoms with E-state index in [1.165, 1.54) is 90.4 Å². The first-order chi connectivity index (χ1) is 9.42. The van der Waals surface area contributed by atoms with Crippen LogP contribution in [-0.4, -0.2) is 37.1 Å². The Kier molecular flexibility index (Phi) is 7.23. The monoisotopic (exact) mass is 266 g/mol. The number of hydrogen-bond acceptors (Lipinski definition) is 2. The maximum absolute atomic E-state index is 3.51. The van der Waals surface area contributed by atoms with Crippen LogP contribution < -0.4 is 5.32 Å². The lowest BCUT2D eigenvalue weighted by atomic mass is 9.78. The van der Waals surface area contributed by atoms with E-state index in [1.54, 1.807) is 0 Å². The lowest BCUT2D eigenvalue weighted by molar-refractivity contribution is 0.0596. The van der Waals surface area contributed by atoms with E-state index < -0.39 is 0 Å². The van der Waals surface area contributed by atoms with Crippen molar-refractivity contribution in [3.8, 4) is 0 Å².